The molecule has 3 aromatic rings. The molecule has 2 N–H and O–H groups in total. The summed E-state index contributed by atoms with van der Waals surface area (Å²) < 4.78 is 7.31. The molecule has 0 aliphatic carbocycles. The molecule has 168 valence electrons. The van der Waals surface area contributed by atoms with Crippen LogP contribution in [0.15, 0.2) is 30.3 Å². The largest absolute Gasteiger partial charge is 0.482 e. The third-order valence-electron chi connectivity index (χ3n) is 6.05. The zero-order valence-corrected chi connectivity index (χ0v) is 18.9. The van der Waals surface area contributed by atoms with Crippen molar-refractivity contribution in [3.05, 3.63) is 41.7 Å². The number of aromatic nitrogens is 4. The smallest absolute Gasteiger partial charge is 0.262 e. The van der Waals surface area contributed by atoms with Crippen LogP contribution in [-0.4, -0.2) is 52.0 Å². The number of rotatable bonds is 5. The first kappa shape index (κ1) is 20.7. The zero-order chi connectivity index (χ0) is 22.5. The number of hydrogen-bond donors (Lipinski definition) is 2. The van der Waals surface area contributed by atoms with E-state index in [4.69, 9.17) is 9.84 Å². The third kappa shape index (κ3) is 3.88. The van der Waals surface area contributed by atoms with E-state index in [1.165, 1.54) is 0 Å². The van der Waals surface area contributed by atoms with Crippen LogP contribution in [-0.2, 0) is 10.2 Å². The third-order valence-corrected chi connectivity index (χ3v) is 6.05. The normalized spacial score (nSPS) is 17.5. The molecule has 4 heterocycles. The Hall–Kier alpha value is -3.20. The first-order valence-electron chi connectivity index (χ1n) is 11.1. The van der Waals surface area contributed by atoms with E-state index in [0.717, 1.165) is 53.9 Å². The van der Waals surface area contributed by atoms with E-state index in [-0.39, 0.29) is 24.0 Å². The SMILES string of the molecule is CC(NCC1CN(c2ccc3nnc(C(C)(C)C)n3n2)C1)c1ccc2c(c1)NC(=O)CO2. The quantitative estimate of drug-likeness (QED) is 0.636. The van der Waals surface area contributed by atoms with Gasteiger partial charge in [0.15, 0.2) is 18.1 Å². The fourth-order valence-corrected chi connectivity index (χ4v) is 4.13. The lowest BCUT2D eigenvalue weighted by molar-refractivity contribution is -0.118. The Morgan fingerprint density at radius 3 is 2.81 bits per heavy atom. The average Bonchev–Trinajstić information content (AvgIpc) is 3.15. The molecule has 0 saturated carbocycles. The van der Waals surface area contributed by atoms with Gasteiger partial charge in [0.2, 0.25) is 0 Å². The van der Waals surface area contributed by atoms with Gasteiger partial charge >= 0.3 is 0 Å². The molecule has 1 fully saturated rings. The minimum absolute atomic E-state index is 0.0784. The summed E-state index contributed by atoms with van der Waals surface area (Å²) in [7, 11) is 0. The van der Waals surface area contributed by atoms with Crippen LogP contribution in [0.25, 0.3) is 5.65 Å². The summed E-state index contributed by atoms with van der Waals surface area (Å²) in [5.74, 6) is 2.99. The van der Waals surface area contributed by atoms with Gasteiger partial charge in [0.1, 0.15) is 11.6 Å². The summed E-state index contributed by atoms with van der Waals surface area (Å²) in [6, 6.07) is 10.1. The lowest BCUT2D eigenvalue weighted by atomic mass is 9.96. The Morgan fingerprint density at radius 2 is 2.03 bits per heavy atom. The van der Waals surface area contributed by atoms with E-state index >= 15 is 0 Å². The molecule has 32 heavy (non-hydrogen) atoms. The van der Waals surface area contributed by atoms with E-state index in [2.05, 4.69) is 53.4 Å². The highest BCUT2D eigenvalue weighted by molar-refractivity contribution is 5.95. The minimum atomic E-state index is -0.117. The van der Waals surface area contributed by atoms with E-state index in [0.29, 0.717) is 5.92 Å². The van der Waals surface area contributed by atoms with Gasteiger partial charge in [-0.3, -0.25) is 4.79 Å². The highest BCUT2D eigenvalue weighted by atomic mass is 16.5. The fraction of sp³-hybridized carbons (Fsp3) is 0.478. The molecule has 5 rings (SSSR count). The molecule has 2 aliphatic heterocycles. The first-order chi connectivity index (χ1) is 15.3. The summed E-state index contributed by atoms with van der Waals surface area (Å²) in [5.41, 5.74) is 2.53. The van der Waals surface area contributed by atoms with Gasteiger partial charge in [-0.05, 0) is 36.8 Å². The highest BCUT2D eigenvalue weighted by Gasteiger charge is 2.29. The topological polar surface area (TPSA) is 96.7 Å². The van der Waals surface area contributed by atoms with Crippen molar-refractivity contribution in [1.29, 1.82) is 0 Å². The van der Waals surface area contributed by atoms with Crippen LogP contribution in [0, 0.1) is 5.92 Å². The number of nitrogens with one attached hydrogen (secondary N) is 2. The zero-order valence-electron chi connectivity index (χ0n) is 18.9. The number of amides is 1. The number of benzene rings is 1. The predicted octanol–water partition coefficient (Wildman–Crippen LogP) is 2.54. The Balaban J connectivity index is 1.18. The van der Waals surface area contributed by atoms with Gasteiger partial charge in [-0.15, -0.1) is 15.3 Å². The molecule has 1 unspecified atom stereocenters. The molecule has 1 amide bonds. The van der Waals surface area contributed by atoms with Gasteiger partial charge in [0.25, 0.3) is 5.91 Å². The number of carbonyl (C=O) groups is 1. The summed E-state index contributed by atoms with van der Waals surface area (Å²) in [4.78, 5) is 13.9. The van der Waals surface area contributed by atoms with Crippen LogP contribution in [0.3, 0.4) is 0 Å². The molecule has 1 aromatic carbocycles. The van der Waals surface area contributed by atoms with E-state index in [1.807, 2.05) is 34.8 Å². The molecule has 2 aliphatic rings. The predicted molar refractivity (Wildman–Crippen MR) is 122 cm³/mol. The van der Waals surface area contributed by atoms with Gasteiger partial charge < -0.3 is 20.3 Å². The van der Waals surface area contributed by atoms with Gasteiger partial charge in [-0.2, -0.15) is 4.52 Å². The van der Waals surface area contributed by atoms with Crippen molar-refractivity contribution < 1.29 is 9.53 Å². The number of ether oxygens (including phenoxy) is 1. The van der Waals surface area contributed by atoms with Crippen molar-refractivity contribution in [2.24, 2.45) is 5.92 Å². The molecule has 9 nitrogen and oxygen atoms in total. The highest BCUT2D eigenvalue weighted by Crippen LogP contribution is 2.31. The van der Waals surface area contributed by atoms with Crippen molar-refractivity contribution in [1.82, 2.24) is 25.1 Å². The molecule has 0 spiro atoms. The van der Waals surface area contributed by atoms with Gasteiger partial charge in [-0.1, -0.05) is 26.8 Å². The number of hydrogen-bond acceptors (Lipinski definition) is 7. The number of anilines is 2. The van der Waals surface area contributed by atoms with Crippen molar-refractivity contribution >= 4 is 23.1 Å². The molecule has 1 atom stereocenters. The Kier molecular flexibility index (Phi) is 5.00. The van der Waals surface area contributed by atoms with Crippen molar-refractivity contribution in [3.63, 3.8) is 0 Å². The van der Waals surface area contributed by atoms with Crippen molar-refractivity contribution in [3.8, 4) is 5.75 Å². The first-order valence-corrected chi connectivity index (χ1v) is 11.1. The van der Waals surface area contributed by atoms with Gasteiger partial charge in [-0.25, -0.2) is 0 Å². The van der Waals surface area contributed by atoms with Crippen LogP contribution < -0.4 is 20.3 Å². The number of nitrogens with zero attached hydrogens (tertiary/aromatic N) is 5. The van der Waals surface area contributed by atoms with E-state index in [9.17, 15) is 4.79 Å². The van der Waals surface area contributed by atoms with Crippen LogP contribution in [0.5, 0.6) is 5.75 Å². The average molecular weight is 436 g/mol. The Labute approximate surface area is 187 Å². The second-order valence-corrected chi connectivity index (χ2v) is 9.73. The molecule has 0 radical (unpaired) electrons. The lowest BCUT2D eigenvalue weighted by Gasteiger charge is -2.40. The molecule has 1 saturated heterocycles. The van der Waals surface area contributed by atoms with Crippen molar-refractivity contribution in [2.45, 2.75) is 39.2 Å². The Morgan fingerprint density at radius 1 is 1.22 bits per heavy atom. The lowest BCUT2D eigenvalue weighted by Crippen LogP contribution is -2.51. The van der Waals surface area contributed by atoms with Crippen molar-refractivity contribution in [2.75, 3.05) is 36.5 Å². The molecule has 0 bridgehead atoms. The molecule has 2 aromatic heterocycles. The maximum Gasteiger partial charge on any atom is 0.262 e. The van der Waals surface area contributed by atoms with E-state index < -0.39 is 0 Å². The maximum atomic E-state index is 11.6. The van der Waals surface area contributed by atoms with Crippen LogP contribution in [0.4, 0.5) is 11.5 Å². The summed E-state index contributed by atoms with van der Waals surface area (Å²) in [5, 5.41) is 19.9. The Bertz CT molecular complexity index is 1160. The van der Waals surface area contributed by atoms with Gasteiger partial charge in [0, 0.05) is 37.0 Å². The standard InChI is InChI=1S/C23H29N7O2/c1-14(16-5-6-18-17(9-16)25-21(31)13-32-18)24-10-15-11-29(12-15)20-8-7-19-26-27-22(23(2,3)4)30(19)28-20/h5-9,14-15,24H,10-13H2,1-4H3,(H,25,31). The van der Waals surface area contributed by atoms with Crippen LogP contribution in [0.2, 0.25) is 0 Å². The summed E-state index contributed by atoms with van der Waals surface area (Å²) in [6.45, 7) is 11.4. The van der Waals surface area contributed by atoms with Gasteiger partial charge in [0.05, 0.1) is 5.69 Å². The summed E-state index contributed by atoms with van der Waals surface area (Å²) >= 11 is 0. The molecular weight excluding hydrogens is 406 g/mol. The second kappa shape index (κ2) is 7.74. The second-order valence-electron chi connectivity index (χ2n) is 9.73. The van der Waals surface area contributed by atoms with Crippen LogP contribution >= 0.6 is 0 Å². The van der Waals surface area contributed by atoms with E-state index in [1.54, 1.807) is 0 Å². The number of carbonyl (C=O) groups excluding carboxylic acids is 1. The summed E-state index contributed by atoms with van der Waals surface area (Å²) in [6.07, 6.45) is 0. The molecule has 9 heteroatoms. The monoisotopic (exact) mass is 435 g/mol. The minimum Gasteiger partial charge on any atom is -0.482 e. The maximum absolute atomic E-state index is 11.6. The van der Waals surface area contributed by atoms with Crippen LogP contribution in [0.1, 0.15) is 45.1 Å². The number of fused-ring (bicyclic) bond motifs is 2. The molecular formula is C23H29N7O2. The fourth-order valence-electron chi connectivity index (χ4n) is 4.13.